The van der Waals surface area contributed by atoms with E-state index in [1.807, 2.05) is 9.80 Å². The van der Waals surface area contributed by atoms with E-state index < -0.39 is 11.6 Å². The first kappa shape index (κ1) is 22.1. The predicted molar refractivity (Wildman–Crippen MR) is 125 cm³/mol. The highest BCUT2D eigenvalue weighted by Gasteiger charge is 2.26. The van der Waals surface area contributed by atoms with Crippen LogP contribution in [0, 0.1) is 0 Å². The SMILES string of the molecule is CN(C)CC(=O)n1nc2cc(N3CCOc4cc(C(=O)N5CCCCC5)cnc43)ccn2c1=O. The molecule has 11 heteroatoms. The Hall–Kier alpha value is -3.73. The molecule has 1 fully saturated rings. The lowest BCUT2D eigenvalue weighted by atomic mass is 10.1. The summed E-state index contributed by atoms with van der Waals surface area (Å²) < 4.78 is 8.06. The Morgan fingerprint density at radius 3 is 2.68 bits per heavy atom. The van der Waals surface area contributed by atoms with E-state index in [1.54, 1.807) is 49.6 Å². The van der Waals surface area contributed by atoms with Crippen molar-refractivity contribution in [2.24, 2.45) is 0 Å². The fraction of sp³-hybridized carbons (Fsp3) is 0.435. The van der Waals surface area contributed by atoms with Gasteiger partial charge in [0.1, 0.15) is 6.61 Å². The van der Waals surface area contributed by atoms with E-state index in [0.717, 1.165) is 42.7 Å². The number of rotatable bonds is 4. The molecule has 0 bridgehead atoms. The Morgan fingerprint density at radius 1 is 1.12 bits per heavy atom. The molecule has 1 amide bonds. The average molecular weight is 466 g/mol. The minimum Gasteiger partial charge on any atom is -0.488 e. The Balaban J connectivity index is 1.45. The summed E-state index contributed by atoms with van der Waals surface area (Å²) in [6.07, 6.45) is 6.40. The molecule has 3 aromatic rings. The minimum atomic E-state index is -0.505. The lowest BCUT2D eigenvalue weighted by Gasteiger charge is -2.31. The highest BCUT2D eigenvalue weighted by Crippen LogP contribution is 2.35. The summed E-state index contributed by atoms with van der Waals surface area (Å²) in [5, 5.41) is 4.23. The molecule has 5 heterocycles. The second-order valence-corrected chi connectivity index (χ2v) is 8.84. The zero-order valence-corrected chi connectivity index (χ0v) is 19.3. The van der Waals surface area contributed by atoms with Crippen LogP contribution in [0.5, 0.6) is 5.75 Å². The molecular formula is C23H27N7O4. The van der Waals surface area contributed by atoms with Crippen molar-refractivity contribution < 1.29 is 14.3 Å². The van der Waals surface area contributed by atoms with Crippen LogP contribution in [0.15, 0.2) is 35.4 Å². The molecule has 0 spiro atoms. The molecule has 0 saturated carbocycles. The Morgan fingerprint density at radius 2 is 1.91 bits per heavy atom. The summed E-state index contributed by atoms with van der Waals surface area (Å²) >= 11 is 0. The van der Waals surface area contributed by atoms with E-state index in [9.17, 15) is 14.4 Å². The van der Waals surface area contributed by atoms with Gasteiger partial charge in [-0.1, -0.05) is 0 Å². The number of fused-ring (bicyclic) bond motifs is 2. The van der Waals surface area contributed by atoms with Crippen LogP contribution in [0.1, 0.15) is 34.4 Å². The van der Waals surface area contributed by atoms with Gasteiger partial charge < -0.3 is 19.4 Å². The van der Waals surface area contributed by atoms with Gasteiger partial charge in [-0.25, -0.2) is 14.2 Å². The van der Waals surface area contributed by atoms with Crippen molar-refractivity contribution in [3.05, 3.63) is 46.6 Å². The molecule has 0 N–H and O–H groups in total. The zero-order chi connectivity index (χ0) is 23.8. The molecule has 2 aliphatic heterocycles. The molecule has 1 saturated heterocycles. The number of piperidine rings is 1. The van der Waals surface area contributed by atoms with Crippen LogP contribution in [0.2, 0.25) is 0 Å². The first-order chi connectivity index (χ1) is 16.4. The molecule has 178 valence electrons. The number of likely N-dealkylation sites (N-methyl/N-ethyl adjacent to an activating group) is 1. The number of pyridine rings is 2. The third-order valence-corrected chi connectivity index (χ3v) is 6.06. The maximum Gasteiger partial charge on any atom is 0.357 e. The van der Waals surface area contributed by atoms with Crippen LogP contribution < -0.4 is 15.3 Å². The molecule has 34 heavy (non-hydrogen) atoms. The molecule has 11 nitrogen and oxygen atoms in total. The van der Waals surface area contributed by atoms with Gasteiger partial charge in [0, 0.05) is 37.2 Å². The van der Waals surface area contributed by atoms with Crippen LogP contribution in [0.3, 0.4) is 0 Å². The number of nitrogens with zero attached hydrogens (tertiary/aromatic N) is 7. The van der Waals surface area contributed by atoms with Crippen molar-refractivity contribution in [3.63, 3.8) is 0 Å². The van der Waals surface area contributed by atoms with E-state index in [2.05, 4.69) is 10.1 Å². The zero-order valence-electron chi connectivity index (χ0n) is 19.3. The molecular weight excluding hydrogens is 438 g/mol. The number of aromatic nitrogens is 4. The van der Waals surface area contributed by atoms with Gasteiger partial charge in [0.25, 0.3) is 11.8 Å². The largest absolute Gasteiger partial charge is 0.488 e. The summed E-state index contributed by atoms with van der Waals surface area (Å²) in [4.78, 5) is 47.9. The van der Waals surface area contributed by atoms with Crippen LogP contribution in [0.25, 0.3) is 5.65 Å². The number of amides is 1. The van der Waals surface area contributed by atoms with Crippen LogP contribution in [0.4, 0.5) is 11.5 Å². The third-order valence-electron chi connectivity index (χ3n) is 6.06. The molecule has 0 unspecified atom stereocenters. The second-order valence-electron chi connectivity index (χ2n) is 8.84. The fourth-order valence-electron chi connectivity index (χ4n) is 4.38. The van der Waals surface area contributed by atoms with Crippen molar-refractivity contribution >= 4 is 29.0 Å². The van der Waals surface area contributed by atoms with Gasteiger partial charge in [-0.05, 0) is 45.5 Å². The number of carbonyl (C=O) groups is 2. The number of hydrogen-bond donors (Lipinski definition) is 0. The second kappa shape index (κ2) is 8.90. The van der Waals surface area contributed by atoms with Gasteiger partial charge >= 0.3 is 5.69 Å². The highest BCUT2D eigenvalue weighted by atomic mass is 16.5. The van der Waals surface area contributed by atoms with E-state index in [1.165, 1.54) is 4.40 Å². The Labute approximate surface area is 196 Å². The average Bonchev–Trinajstić information content (AvgIpc) is 3.19. The highest BCUT2D eigenvalue weighted by molar-refractivity contribution is 5.95. The van der Waals surface area contributed by atoms with E-state index in [4.69, 9.17) is 4.74 Å². The Bertz CT molecular complexity index is 1310. The Kier molecular flexibility index (Phi) is 5.78. The summed E-state index contributed by atoms with van der Waals surface area (Å²) in [6, 6.07) is 5.27. The van der Waals surface area contributed by atoms with Crippen molar-refractivity contribution in [2.45, 2.75) is 19.3 Å². The maximum atomic E-state index is 12.9. The maximum absolute atomic E-state index is 12.9. The normalized spacial score (nSPS) is 16.0. The number of hydrogen-bond acceptors (Lipinski definition) is 8. The first-order valence-corrected chi connectivity index (χ1v) is 11.4. The number of likely N-dealkylation sites (tertiary alicyclic amines) is 1. The van der Waals surface area contributed by atoms with E-state index >= 15 is 0 Å². The third kappa shape index (κ3) is 4.03. The standard InChI is InChI=1S/C23H27N7O4/c1-26(2)15-20(31)30-23(33)29-9-6-17(13-19(29)25-30)28-10-11-34-18-12-16(14-24-21(18)28)22(32)27-7-4-3-5-8-27/h6,9,12-14H,3-5,7-8,10-11,15H2,1-2H3. The lowest BCUT2D eigenvalue weighted by molar-refractivity contribution is 0.0723. The van der Waals surface area contributed by atoms with Crippen LogP contribution in [-0.4, -0.2) is 87.7 Å². The molecule has 0 aromatic carbocycles. The molecule has 0 atom stereocenters. The summed E-state index contributed by atoms with van der Waals surface area (Å²) in [5.74, 6) is 0.711. The van der Waals surface area contributed by atoms with Gasteiger partial charge in [-0.2, -0.15) is 0 Å². The van der Waals surface area contributed by atoms with Crippen LogP contribution in [-0.2, 0) is 0 Å². The lowest BCUT2D eigenvalue weighted by Crippen LogP contribution is -2.36. The fourth-order valence-corrected chi connectivity index (χ4v) is 4.38. The van der Waals surface area contributed by atoms with Crippen molar-refractivity contribution in [1.29, 1.82) is 0 Å². The molecule has 3 aromatic heterocycles. The smallest absolute Gasteiger partial charge is 0.357 e. The monoisotopic (exact) mass is 465 g/mol. The number of anilines is 2. The summed E-state index contributed by atoms with van der Waals surface area (Å²) in [7, 11) is 3.51. The molecule has 0 radical (unpaired) electrons. The van der Waals surface area contributed by atoms with Gasteiger partial charge in [0.15, 0.2) is 17.2 Å². The van der Waals surface area contributed by atoms with Gasteiger partial charge in [-0.3, -0.25) is 9.59 Å². The molecule has 5 rings (SSSR count). The quantitative estimate of drug-likeness (QED) is 0.567. The van der Waals surface area contributed by atoms with Gasteiger partial charge in [-0.15, -0.1) is 9.78 Å². The van der Waals surface area contributed by atoms with Crippen molar-refractivity contribution in [2.75, 3.05) is 51.8 Å². The topological polar surface area (TPSA) is 105 Å². The van der Waals surface area contributed by atoms with E-state index in [-0.39, 0.29) is 12.5 Å². The molecule has 0 aliphatic carbocycles. The van der Waals surface area contributed by atoms with Crippen molar-refractivity contribution in [3.8, 4) is 5.75 Å². The van der Waals surface area contributed by atoms with Gasteiger partial charge in [0.05, 0.1) is 18.7 Å². The number of carbonyl (C=O) groups excluding carboxylic acids is 2. The number of ether oxygens (including phenoxy) is 1. The van der Waals surface area contributed by atoms with Gasteiger partial charge in [0.2, 0.25) is 0 Å². The van der Waals surface area contributed by atoms with Crippen LogP contribution >= 0.6 is 0 Å². The first-order valence-electron chi connectivity index (χ1n) is 11.4. The summed E-state index contributed by atoms with van der Waals surface area (Å²) in [6.45, 7) is 2.58. The van der Waals surface area contributed by atoms with Crippen molar-refractivity contribution in [1.82, 2.24) is 29.0 Å². The summed E-state index contributed by atoms with van der Waals surface area (Å²) in [5.41, 5.74) is 1.13. The molecule has 2 aliphatic rings. The minimum absolute atomic E-state index is 0.0237. The van der Waals surface area contributed by atoms with E-state index in [0.29, 0.717) is 35.9 Å². The predicted octanol–water partition coefficient (Wildman–Crippen LogP) is 1.25.